The Bertz CT molecular complexity index is 851. The van der Waals surface area contributed by atoms with Crippen molar-refractivity contribution in [3.05, 3.63) is 30.3 Å². The Morgan fingerprint density at radius 1 is 1.07 bits per heavy atom. The number of carbonyl (C=O) groups excluding carboxylic acids is 3. The normalized spacial score (nSPS) is 15.1. The van der Waals surface area contributed by atoms with Crippen molar-refractivity contribution >= 4 is 27.8 Å². The van der Waals surface area contributed by atoms with Crippen molar-refractivity contribution in [2.24, 2.45) is 5.92 Å². The van der Waals surface area contributed by atoms with Crippen LogP contribution in [0.2, 0.25) is 0 Å². The van der Waals surface area contributed by atoms with Crippen molar-refractivity contribution in [2.45, 2.75) is 24.7 Å². The molecule has 0 bridgehead atoms. The summed E-state index contributed by atoms with van der Waals surface area (Å²) in [5.74, 6) is -1.15. The summed E-state index contributed by atoms with van der Waals surface area (Å²) in [6, 6.07) is 7.85. The average Bonchev–Trinajstić information content (AvgIpc) is 2.74. The maximum atomic E-state index is 12.5. The lowest BCUT2D eigenvalue weighted by Crippen LogP contribution is -2.47. The first kappa shape index (κ1) is 23.8. The molecule has 30 heavy (non-hydrogen) atoms. The van der Waals surface area contributed by atoms with Crippen LogP contribution in [0.4, 0.5) is 0 Å². The van der Waals surface area contributed by atoms with Gasteiger partial charge in [0, 0.05) is 27.2 Å². The number of likely N-dealkylation sites (tertiary alicyclic amines) is 1. The number of esters is 1. The van der Waals surface area contributed by atoms with Crippen LogP contribution in [0.5, 0.6) is 0 Å². The summed E-state index contributed by atoms with van der Waals surface area (Å²) >= 11 is 0. The highest BCUT2D eigenvalue weighted by Gasteiger charge is 2.30. The zero-order valence-electron chi connectivity index (χ0n) is 17.6. The summed E-state index contributed by atoms with van der Waals surface area (Å²) in [5.41, 5.74) is 0. The van der Waals surface area contributed by atoms with Crippen LogP contribution in [-0.2, 0) is 29.1 Å². The average molecular weight is 440 g/mol. The molecule has 1 heterocycles. The van der Waals surface area contributed by atoms with Crippen LogP contribution in [0, 0.1) is 5.92 Å². The molecule has 1 aliphatic heterocycles. The van der Waals surface area contributed by atoms with Gasteiger partial charge in [-0.15, -0.1) is 0 Å². The molecule has 1 aromatic rings. The van der Waals surface area contributed by atoms with E-state index in [-0.39, 0.29) is 35.8 Å². The fourth-order valence-electron chi connectivity index (χ4n) is 3.18. The molecule has 0 saturated carbocycles. The summed E-state index contributed by atoms with van der Waals surface area (Å²) in [6.45, 7) is 2.42. The monoisotopic (exact) mass is 439 g/mol. The van der Waals surface area contributed by atoms with Gasteiger partial charge >= 0.3 is 5.97 Å². The Morgan fingerprint density at radius 3 is 2.23 bits per heavy atom. The highest BCUT2D eigenvalue weighted by atomic mass is 32.2. The van der Waals surface area contributed by atoms with Gasteiger partial charge in [-0.1, -0.05) is 18.2 Å². The molecule has 0 spiro atoms. The van der Waals surface area contributed by atoms with Crippen LogP contribution < -0.4 is 0 Å². The zero-order chi connectivity index (χ0) is 22.3. The van der Waals surface area contributed by atoms with Gasteiger partial charge in [0.2, 0.25) is 21.8 Å². The summed E-state index contributed by atoms with van der Waals surface area (Å²) < 4.78 is 31.1. The number of piperidine rings is 1. The molecule has 1 aromatic carbocycles. The first-order chi connectivity index (χ1) is 14.2. The van der Waals surface area contributed by atoms with Gasteiger partial charge in [-0.05, 0) is 31.9 Å². The molecule has 2 rings (SSSR count). The van der Waals surface area contributed by atoms with Gasteiger partial charge < -0.3 is 14.5 Å². The molecule has 0 atom stereocenters. The van der Waals surface area contributed by atoms with Gasteiger partial charge in [-0.2, -0.15) is 4.31 Å². The standard InChI is InChI=1S/C20H29N3O6S/c1-4-29-20(26)16-10-12-23(13-11-16)19(25)14-21(2)18(24)15-22(3)30(27,28)17-8-6-5-7-9-17/h5-9,16H,4,10-15H2,1-3H3. The van der Waals surface area contributed by atoms with Crippen molar-refractivity contribution < 1.29 is 27.5 Å². The van der Waals surface area contributed by atoms with Crippen molar-refractivity contribution in [1.82, 2.24) is 14.1 Å². The maximum absolute atomic E-state index is 12.5. The number of amides is 2. The molecule has 0 unspecified atom stereocenters. The fraction of sp³-hybridized carbons (Fsp3) is 0.550. The molecule has 0 N–H and O–H groups in total. The molecule has 10 heteroatoms. The van der Waals surface area contributed by atoms with Gasteiger partial charge in [0.25, 0.3) is 0 Å². The smallest absolute Gasteiger partial charge is 0.309 e. The quantitative estimate of drug-likeness (QED) is 0.549. The summed E-state index contributed by atoms with van der Waals surface area (Å²) in [6.07, 6.45) is 1.06. The number of hydrogen-bond donors (Lipinski definition) is 0. The van der Waals surface area contributed by atoms with Gasteiger partial charge in [0.1, 0.15) is 0 Å². The fourth-order valence-corrected chi connectivity index (χ4v) is 4.33. The second-order valence-corrected chi connectivity index (χ2v) is 9.28. The number of hydrogen-bond acceptors (Lipinski definition) is 6. The van der Waals surface area contributed by atoms with E-state index in [2.05, 4.69) is 0 Å². The van der Waals surface area contributed by atoms with E-state index >= 15 is 0 Å². The number of rotatable bonds is 8. The zero-order valence-corrected chi connectivity index (χ0v) is 18.4. The van der Waals surface area contributed by atoms with Crippen LogP contribution in [0.3, 0.4) is 0 Å². The highest BCUT2D eigenvalue weighted by Crippen LogP contribution is 2.19. The Hall–Kier alpha value is -2.46. The van der Waals surface area contributed by atoms with Crippen LogP contribution in [0.25, 0.3) is 0 Å². The van der Waals surface area contributed by atoms with Crippen LogP contribution >= 0.6 is 0 Å². The second-order valence-electron chi connectivity index (χ2n) is 7.23. The van der Waals surface area contributed by atoms with E-state index in [1.54, 1.807) is 30.0 Å². The van der Waals surface area contributed by atoms with E-state index < -0.39 is 15.9 Å². The lowest BCUT2D eigenvalue weighted by atomic mass is 9.97. The van der Waals surface area contributed by atoms with Crippen molar-refractivity contribution in [3.8, 4) is 0 Å². The van der Waals surface area contributed by atoms with Crippen LogP contribution in [-0.4, -0.2) is 87.2 Å². The molecule has 1 aliphatic rings. The molecule has 0 aliphatic carbocycles. The highest BCUT2D eigenvalue weighted by molar-refractivity contribution is 7.89. The summed E-state index contributed by atoms with van der Waals surface area (Å²) in [5, 5.41) is 0. The molecule has 9 nitrogen and oxygen atoms in total. The SMILES string of the molecule is CCOC(=O)C1CCN(C(=O)CN(C)C(=O)CN(C)S(=O)(=O)c2ccccc2)CC1. The number of nitrogens with zero attached hydrogens (tertiary/aromatic N) is 3. The molecule has 2 amide bonds. The van der Waals surface area contributed by atoms with Gasteiger partial charge in [0.05, 0.1) is 30.5 Å². The maximum Gasteiger partial charge on any atom is 0.309 e. The Morgan fingerprint density at radius 2 is 1.67 bits per heavy atom. The van der Waals surface area contributed by atoms with E-state index in [1.165, 1.54) is 31.1 Å². The number of benzene rings is 1. The first-order valence-corrected chi connectivity index (χ1v) is 11.3. The Balaban J connectivity index is 1.85. The molecule has 166 valence electrons. The summed E-state index contributed by atoms with van der Waals surface area (Å²) in [4.78, 5) is 39.7. The largest absolute Gasteiger partial charge is 0.466 e. The van der Waals surface area contributed by atoms with Gasteiger partial charge in [-0.25, -0.2) is 8.42 Å². The third-order valence-corrected chi connectivity index (χ3v) is 6.89. The van der Waals surface area contributed by atoms with Gasteiger partial charge in [-0.3, -0.25) is 14.4 Å². The van der Waals surface area contributed by atoms with E-state index in [1.807, 2.05) is 0 Å². The molecule has 1 saturated heterocycles. The minimum absolute atomic E-state index is 0.100. The Labute approximate surface area is 177 Å². The van der Waals surface area contributed by atoms with Crippen LogP contribution in [0.15, 0.2) is 35.2 Å². The molecular formula is C20H29N3O6S. The first-order valence-electron chi connectivity index (χ1n) is 9.86. The number of sulfonamides is 1. The van der Waals surface area contributed by atoms with Crippen molar-refractivity contribution in [2.75, 3.05) is 46.9 Å². The number of carbonyl (C=O) groups is 3. The van der Waals surface area contributed by atoms with Crippen molar-refractivity contribution in [1.29, 1.82) is 0 Å². The molecule has 0 radical (unpaired) electrons. The Kier molecular flexibility index (Phi) is 8.36. The number of likely N-dealkylation sites (N-methyl/N-ethyl adjacent to an activating group) is 2. The summed E-state index contributed by atoms with van der Waals surface area (Å²) in [7, 11) is -0.993. The topological polar surface area (TPSA) is 104 Å². The van der Waals surface area contributed by atoms with E-state index in [4.69, 9.17) is 4.74 Å². The molecular weight excluding hydrogens is 410 g/mol. The van der Waals surface area contributed by atoms with E-state index in [0.29, 0.717) is 32.5 Å². The second kappa shape index (κ2) is 10.5. The predicted molar refractivity (Wildman–Crippen MR) is 110 cm³/mol. The third-order valence-electron chi connectivity index (χ3n) is 5.08. The minimum atomic E-state index is -3.79. The molecule has 0 aromatic heterocycles. The predicted octanol–water partition coefficient (Wildman–Crippen LogP) is 0.567. The lowest BCUT2D eigenvalue weighted by Gasteiger charge is -2.32. The van der Waals surface area contributed by atoms with E-state index in [0.717, 1.165) is 4.31 Å². The van der Waals surface area contributed by atoms with E-state index in [9.17, 15) is 22.8 Å². The number of ether oxygens (including phenoxy) is 1. The third kappa shape index (κ3) is 6.02. The van der Waals surface area contributed by atoms with Crippen molar-refractivity contribution in [3.63, 3.8) is 0 Å². The molecule has 1 fully saturated rings. The van der Waals surface area contributed by atoms with Crippen LogP contribution in [0.1, 0.15) is 19.8 Å². The van der Waals surface area contributed by atoms with Gasteiger partial charge in [0.15, 0.2) is 0 Å². The minimum Gasteiger partial charge on any atom is -0.466 e. The lowest BCUT2D eigenvalue weighted by molar-refractivity contribution is -0.151.